The topological polar surface area (TPSA) is 133 Å². The molecule has 1 unspecified atom stereocenters. The number of phenolic OH excluding ortho intramolecular Hbond substituents is 2. The first-order valence-electron chi connectivity index (χ1n) is 25.0. The molecule has 0 amide bonds. The van der Waals surface area contributed by atoms with Crippen LogP contribution in [-0.2, 0) is 25.1 Å². The van der Waals surface area contributed by atoms with Gasteiger partial charge in [-0.1, -0.05) is 114 Å². The van der Waals surface area contributed by atoms with E-state index in [-0.39, 0.29) is 60.6 Å². The van der Waals surface area contributed by atoms with Crippen LogP contribution in [0.15, 0.2) is 97.6 Å². The molecular weight excluding hydrogens is 940 g/mol. The van der Waals surface area contributed by atoms with Gasteiger partial charge >= 0.3 is 18.1 Å². The van der Waals surface area contributed by atoms with Crippen molar-refractivity contribution in [1.29, 1.82) is 0 Å². The molecule has 4 aromatic carbocycles. The summed E-state index contributed by atoms with van der Waals surface area (Å²) >= 11 is 0. The van der Waals surface area contributed by atoms with Gasteiger partial charge in [0.2, 0.25) is 0 Å². The number of benzene rings is 4. The quantitative estimate of drug-likeness (QED) is 0.0229. The number of halogens is 5. The molecule has 10 nitrogen and oxygen atoms in total. The molecule has 72 heavy (non-hydrogen) atoms. The van der Waals surface area contributed by atoms with Crippen LogP contribution in [0, 0.1) is 5.92 Å². The third-order valence-electron chi connectivity index (χ3n) is 14.3. The average Bonchev–Trinajstić information content (AvgIpc) is 3.35. The Kier molecular flexibility index (Phi) is 21.5. The number of aliphatic carboxylic acids is 1. The van der Waals surface area contributed by atoms with Gasteiger partial charge in [0.05, 0.1) is 19.1 Å². The Labute approximate surface area is 421 Å². The fraction of sp³-hybridized carbons (Fsp3) is 0.526. The van der Waals surface area contributed by atoms with Crippen molar-refractivity contribution in [1.82, 2.24) is 0 Å². The van der Waals surface area contributed by atoms with Gasteiger partial charge in [-0.25, -0.2) is 0 Å². The Bertz CT molecular complexity index is 2290. The van der Waals surface area contributed by atoms with Crippen LogP contribution >= 0.6 is 0 Å². The SMILES string of the molecule is C=CC[C@@H]1c2ccc(OCOC)cc2OC[C@]1(C)c1ccc(OCOC)cc1.C[C@]1(c2ccc(O)cc2)COc2cc(O)ccc2[C@H]1CCCCCCCCC(CCCCCCC(F)(F)C(F)(F)F)C(=O)O. The number of methoxy groups -OCH3 is 2. The Morgan fingerprint density at radius 1 is 0.667 bits per heavy atom. The van der Waals surface area contributed by atoms with Crippen molar-refractivity contribution in [2.75, 3.05) is 41.0 Å². The third kappa shape index (κ3) is 15.5. The van der Waals surface area contributed by atoms with Crippen molar-refractivity contribution in [2.24, 2.45) is 5.92 Å². The number of alkyl halides is 5. The lowest BCUT2D eigenvalue weighted by Gasteiger charge is -2.43. The molecule has 0 radical (unpaired) electrons. The summed E-state index contributed by atoms with van der Waals surface area (Å²) in [6.07, 6.45) is 4.49. The summed E-state index contributed by atoms with van der Waals surface area (Å²) < 4.78 is 95.9. The molecule has 0 fully saturated rings. The molecule has 0 saturated heterocycles. The molecule has 2 heterocycles. The maximum atomic E-state index is 13.0. The smallest absolute Gasteiger partial charge is 0.453 e. The normalized spacial score (nSPS) is 19.8. The molecule has 3 N–H and O–H groups in total. The average molecular weight is 1010 g/mol. The highest BCUT2D eigenvalue weighted by atomic mass is 19.4. The van der Waals surface area contributed by atoms with Crippen LogP contribution in [0.4, 0.5) is 22.0 Å². The number of carboxylic acids is 1. The van der Waals surface area contributed by atoms with Gasteiger partial charge in [-0.15, -0.1) is 6.58 Å². The monoisotopic (exact) mass is 1010 g/mol. The van der Waals surface area contributed by atoms with Gasteiger partial charge in [-0.2, -0.15) is 22.0 Å². The number of hydrogen-bond acceptors (Lipinski definition) is 9. The summed E-state index contributed by atoms with van der Waals surface area (Å²) in [6.45, 7) is 9.87. The third-order valence-corrected chi connectivity index (χ3v) is 14.3. The lowest BCUT2D eigenvalue weighted by Crippen LogP contribution is -2.40. The van der Waals surface area contributed by atoms with E-state index in [9.17, 15) is 42.1 Å². The van der Waals surface area contributed by atoms with E-state index in [1.165, 1.54) is 5.56 Å². The Balaban J connectivity index is 0.000000294. The maximum absolute atomic E-state index is 13.0. The van der Waals surface area contributed by atoms with E-state index < -0.39 is 30.4 Å². The molecule has 0 aliphatic carbocycles. The van der Waals surface area contributed by atoms with Crippen molar-refractivity contribution in [3.8, 4) is 34.5 Å². The number of aromatic hydroxyl groups is 2. The second-order valence-electron chi connectivity index (χ2n) is 19.5. The van der Waals surface area contributed by atoms with Gasteiger partial charge in [0, 0.05) is 55.4 Å². The molecule has 0 spiro atoms. The zero-order valence-electron chi connectivity index (χ0n) is 42.1. The van der Waals surface area contributed by atoms with Crippen LogP contribution in [0.5, 0.6) is 34.5 Å². The van der Waals surface area contributed by atoms with Crippen molar-refractivity contribution in [3.05, 3.63) is 120 Å². The highest BCUT2D eigenvalue weighted by molar-refractivity contribution is 5.69. The highest BCUT2D eigenvalue weighted by Gasteiger charge is 2.56. The van der Waals surface area contributed by atoms with Gasteiger partial charge in [0.15, 0.2) is 13.6 Å². The van der Waals surface area contributed by atoms with Gasteiger partial charge in [-0.3, -0.25) is 4.79 Å². The first-order valence-corrected chi connectivity index (χ1v) is 25.0. The summed E-state index contributed by atoms with van der Waals surface area (Å²) in [5.41, 5.74) is 4.01. The number of ether oxygens (including phenoxy) is 6. The van der Waals surface area contributed by atoms with Crippen LogP contribution in [0.3, 0.4) is 0 Å². The molecule has 6 rings (SSSR count). The molecule has 4 aromatic rings. The molecule has 0 saturated carbocycles. The molecule has 0 bridgehead atoms. The van der Waals surface area contributed by atoms with Crippen LogP contribution in [0.1, 0.15) is 144 Å². The maximum Gasteiger partial charge on any atom is 0.453 e. The summed E-state index contributed by atoms with van der Waals surface area (Å²) in [5.74, 6) is -2.25. The van der Waals surface area contributed by atoms with E-state index in [0.717, 1.165) is 85.3 Å². The molecular formula is C57H73F5O10. The number of hydrogen-bond donors (Lipinski definition) is 3. The van der Waals surface area contributed by atoms with Crippen LogP contribution in [0.2, 0.25) is 0 Å². The molecule has 0 aromatic heterocycles. The minimum atomic E-state index is -5.53. The molecule has 2 aliphatic heterocycles. The number of rotatable bonds is 27. The van der Waals surface area contributed by atoms with Crippen molar-refractivity contribution >= 4 is 5.97 Å². The van der Waals surface area contributed by atoms with Crippen molar-refractivity contribution < 1.29 is 70.5 Å². The van der Waals surface area contributed by atoms with E-state index in [0.29, 0.717) is 44.6 Å². The number of fused-ring (bicyclic) bond motifs is 2. The van der Waals surface area contributed by atoms with E-state index >= 15 is 0 Å². The predicted octanol–water partition coefficient (Wildman–Crippen LogP) is 14.6. The standard InChI is InChI=1S/C34H45F5O5.C23H28O5/c1-32(25-15-17-26(40)18-16-25)23-44-30-22-27(41)19-20-28(30)29(32)14-10-5-3-2-4-8-12-24(31(42)43)13-9-6-7-11-21-33(35,36)34(37,38)39;1-5-6-21-20-12-11-19(28-16-25-4)13-22(20)26-14-23(21,2)17-7-9-18(10-8-17)27-15-24-3/h15-20,22,24,29,40-41H,2-14,21,23H2,1H3,(H,42,43);5,7-13,21H,1,6,14-16H2,2-4H3/t24?,29-,32-;21-,23-/m11/s1. The van der Waals surface area contributed by atoms with E-state index in [1.54, 1.807) is 38.5 Å². The summed E-state index contributed by atoms with van der Waals surface area (Å²) in [6, 6.07) is 26.6. The van der Waals surface area contributed by atoms with E-state index in [2.05, 4.69) is 38.6 Å². The minimum Gasteiger partial charge on any atom is -0.508 e. The number of allylic oxidation sites excluding steroid dienone is 1. The molecule has 15 heteroatoms. The molecule has 5 atom stereocenters. The minimum absolute atomic E-state index is 0.160. The second kappa shape index (κ2) is 27.0. The summed E-state index contributed by atoms with van der Waals surface area (Å²) in [4.78, 5) is 11.6. The Morgan fingerprint density at radius 2 is 1.14 bits per heavy atom. The lowest BCUT2D eigenvalue weighted by molar-refractivity contribution is -0.284. The molecule has 396 valence electrons. The zero-order chi connectivity index (χ0) is 52.4. The number of carbonyl (C=O) groups is 1. The number of phenols is 2. The zero-order valence-corrected chi connectivity index (χ0v) is 42.1. The Morgan fingerprint density at radius 3 is 1.71 bits per heavy atom. The second-order valence-corrected chi connectivity index (χ2v) is 19.5. The summed E-state index contributed by atoms with van der Waals surface area (Å²) in [5, 5.41) is 29.3. The van der Waals surface area contributed by atoms with E-state index in [4.69, 9.17) is 28.4 Å². The number of carboxylic acid groups (broad SMARTS) is 1. The van der Waals surface area contributed by atoms with Crippen LogP contribution < -0.4 is 18.9 Å². The Hall–Kier alpha value is -5.54. The van der Waals surface area contributed by atoms with Crippen molar-refractivity contribution in [2.45, 2.75) is 145 Å². The molecule has 2 aliphatic rings. The van der Waals surface area contributed by atoms with Gasteiger partial charge < -0.3 is 43.7 Å². The van der Waals surface area contributed by atoms with Gasteiger partial charge in [0.1, 0.15) is 34.5 Å². The van der Waals surface area contributed by atoms with E-state index in [1.807, 2.05) is 48.5 Å². The first kappa shape index (κ1) is 57.4. The highest BCUT2D eigenvalue weighted by Crippen LogP contribution is 2.51. The van der Waals surface area contributed by atoms with Crippen LogP contribution in [0.25, 0.3) is 0 Å². The first-order chi connectivity index (χ1) is 34.4. The predicted molar refractivity (Wildman–Crippen MR) is 267 cm³/mol. The van der Waals surface area contributed by atoms with Crippen LogP contribution in [-0.4, -0.2) is 74.4 Å². The summed E-state index contributed by atoms with van der Waals surface area (Å²) in [7, 11) is 3.21. The lowest BCUT2D eigenvalue weighted by atomic mass is 9.66. The van der Waals surface area contributed by atoms with Crippen molar-refractivity contribution in [3.63, 3.8) is 0 Å². The largest absolute Gasteiger partial charge is 0.508 e. The van der Waals surface area contributed by atoms with Gasteiger partial charge in [-0.05, 0) is 90.8 Å². The fourth-order valence-corrected chi connectivity index (χ4v) is 9.99. The number of unbranched alkanes of at least 4 members (excludes halogenated alkanes) is 8. The fourth-order valence-electron chi connectivity index (χ4n) is 9.99. The van der Waals surface area contributed by atoms with Gasteiger partial charge in [0.25, 0.3) is 0 Å².